The Morgan fingerprint density at radius 2 is 1.52 bits per heavy atom. The Labute approximate surface area is 187 Å². The maximum atomic E-state index is 4.21. The average Bonchev–Trinajstić information content (AvgIpc) is 2.84. The fraction of sp³-hybridized carbons (Fsp3) is 0.107. The number of nitrogens with one attached hydrogen (secondary N) is 1. The van der Waals surface area contributed by atoms with Gasteiger partial charge in [0.05, 0.1) is 0 Å². The summed E-state index contributed by atoms with van der Waals surface area (Å²) in [6.45, 7) is 1.86. The summed E-state index contributed by atoms with van der Waals surface area (Å²) in [6, 6.07) is 32.6. The smallest absolute Gasteiger partial charge is 0.0346 e. The molecular weight excluding hydrogens is 396 g/mol. The largest absolute Gasteiger partial charge is 0.312 e. The summed E-state index contributed by atoms with van der Waals surface area (Å²) < 4.78 is 0. The summed E-state index contributed by atoms with van der Waals surface area (Å²) in [7, 11) is 0. The molecule has 1 heterocycles. The molecule has 0 atom stereocenters. The molecule has 0 amide bonds. The lowest BCUT2D eigenvalue weighted by Crippen LogP contribution is -2.16. The van der Waals surface area contributed by atoms with Crippen LogP contribution < -0.4 is 5.32 Å². The highest BCUT2D eigenvalue weighted by Gasteiger charge is 2.02. The van der Waals surface area contributed by atoms with E-state index >= 15 is 0 Å². The van der Waals surface area contributed by atoms with Crippen LogP contribution in [-0.2, 0) is 6.54 Å². The van der Waals surface area contributed by atoms with Crippen LogP contribution in [0.1, 0.15) is 5.56 Å². The van der Waals surface area contributed by atoms with E-state index in [1.807, 2.05) is 24.2 Å². The van der Waals surface area contributed by atoms with Crippen LogP contribution in [0, 0.1) is 0 Å². The number of fused-ring (bicyclic) bond motifs is 2. The van der Waals surface area contributed by atoms with Gasteiger partial charge in [0.2, 0.25) is 0 Å². The van der Waals surface area contributed by atoms with Crippen molar-refractivity contribution in [1.29, 1.82) is 0 Å². The number of benzene rings is 4. The van der Waals surface area contributed by atoms with Crippen molar-refractivity contribution in [3.05, 3.63) is 109 Å². The Balaban J connectivity index is 1.15. The van der Waals surface area contributed by atoms with Crippen molar-refractivity contribution in [2.45, 2.75) is 11.4 Å². The number of thioether (sulfide) groups is 1. The van der Waals surface area contributed by atoms with Gasteiger partial charge < -0.3 is 5.32 Å². The van der Waals surface area contributed by atoms with Crippen molar-refractivity contribution in [1.82, 2.24) is 10.3 Å². The second kappa shape index (κ2) is 9.34. The summed E-state index contributed by atoms with van der Waals surface area (Å²) in [4.78, 5) is 5.54. The lowest BCUT2D eigenvalue weighted by atomic mass is 10.0. The van der Waals surface area contributed by atoms with Crippen LogP contribution in [0.15, 0.2) is 108 Å². The van der Waals surface area contributed by atoms with Gasteiger partial charge in [0.25, 0.3) is 0 Å². The average molecular weight is 421 g/mol. The maximum Gasteiger partial charge on any atom is 0.0346 e. The van der Waals surface area contributed by atoms with Crippen LogP contribution in [0.3, 0.4) is 0 Å². The molecule has 1 aromatic heterocycles. The molecule has 0 saturated carbocycles. The number of rotatable bonds is 7. The number of aromatic nitrogens is 1. The van der Waals surface area contributed by atoms with Gasteiger partial charge in [-0.2, -0.15) is 0 Å². The summed E-state index contributed by atoms with van der Waals surface area (Å²) in [6.07, 6.45) is 3.80. The van der Waals surface area contributed by atoms with Crippen LogP contribution in [0.4, 0.5) is 0 Å². The van der Waals surface area contributed by atoms with Crippen molar-refractivity contribution in [2.24, 2.45) is 0 Å². The van der Waals surface area contributed by atoms with Crippen LogP contribution in [0.25, 0.3) is 32.7 Å². The SMILES string of the molecule is c1ccc2cc(-c3ccc(CNCCSc4cccc5cnccc45)cc3)ccc2c1. The number of pyridine rings is 1. The summed E-state index contributed by atoms with van der Waals surface area (Å²) in [5.41, 5.74) is 3.83. The van der Waals surface area contributed by atoms with Crippen molar-refractivity contribution >= 4 is 33.3 Å². The molecule has 5 rings (SSSR count). The first-order valence-electron chi connectivity index (χ1n) is 10.6. The van der Waals surface area contributed by atoms with Gasteiger partial charge in [-0.1, -0.05) is 72.8 Å². The molecule has 0 aliphatic heterocycles. The van der Waals surface area contributed by atoms with Crippen LogP contribution in [-0.4, -0.2) is 17.3 Å². The number of hydrogen-bond acceptors (Lipinski definition) is 3. The molecule has 0 unspecified atom stereocenters. The molecule has 0 aliphatic carbocycles. The minimum absolute atomic E-state index is 0.887. The molecule has 3 heteroatoms. The summed E-state index contributed by atoms with van der Waals surface area (Å²) in [5, 5.41) is 8.62. The molecular formula is C28H24N2S. The predicted octanol–water partition coefficient (Wildman–Crippen LogP) is 6.94. The third-order valence-corrected chi connectivity index (χ3v) is 6.62. The Morgan fingerprint density at radius 1 is 0.710 bits per heavy atom. The van der Waals surface area contributed by atoms with E-state index in [2.05, 4.69) is 101 Å². The molecule has 0 spiro atoms. The van der Waals surface area contributed by atoms with Gasteiger partial charge >= 0.3 is 0 Å². The van der Waals surface area contributed by atoms with E-state index in [1.54, 1.807) is 0 Å². The summed E-state index contributed by atoms with van der Waals surface area (Å²) >= 11 is 1.90. The van der Waals surface area contributed by atoms with E-state index in [0.29, 0.717) is 0 Å². The molecule has 31 heavy (non-hydrogen) atoms. The Morgan fingerprint density at radius 3 is 2.42 bits per heavy atom. The second-order valence-corrected chi connectivity index (χ2v) is 8.77. The number of nitrogens with zero attached hydrogens (tertiary/aromatic N) is 1. The Hall–Kier alpha value is -3.14. The quantitative estimate of drug-likeness (QED) is 0.228. The van der Waals surface area contributed by atoms with Gasteiger partial charge in [-0.05, 0) is 51.0 Å². The molecule has 0 aliphatic rings. The van der Waals surface area contributed by atoms with E-state index in [0.717, 1.165) is 18.8 Å². The zero-order valence-electron chi connectivity index (χ0n) is 17.3. The molecule has 4 aromatic carbocycles. The first kappa shape index (κ1) is 19.8. The standard InChI is InChI=1S/C28H24N2S/c1-2-5-24-18-25(13-12-22(24)4-1)23-10-8-21(9-11-23)19-30-16-17-31-28-7-3-6-26-20-29-15-14-27(26)28/h1-15,18,20,30H,16-17,19H2. The fourth-order valence-electron chi connectivity index (χ4n) is 3.87. The van der Waals surface area contributed by atoms with E-state index in [4.69, 9.17) is 0 Å². The molecule has 5 aromatic rings. The van der Waals surface area contributed by atoms with Gasteiger partial charge in [-0.25, -0.2) is 0 Å². The lowest BCUT2D eigenvalue weighted by molar-refractivity contribution is 0.732. The van der Waals surface area contributed by atoms with Crippen LogP contribution in [0.5, 0.6) is 0 Å². The highest BCUT2D eigenvalue weighted by Crippen LogP contribution is 2.27. The van der Waals surface area contributed by atoms with Crippen molar-refractivity contribution < 1.29 is 0 Å². The van der Waals surface area contributed by atoms with Crippen molar-refractivity contribution in [3.8, 4) is 11.1 Å². The fourth-order valence-corrected chi connectivity index (χ4v) is 4.85. The Bertz CT molecular complexity index is 1310. The second-order valence-electron chi connectivity index (χ2n) is 7.64. The topological polar surface area (TPSA) is 24.9 Å². The molecule has 1 N–H and O–H groups in total. The first-order valence-corrected chi connectivity index (χ1v) is 11.6. The minimum atomic E-state index is 0.887. The minimum Gasteiger partial charge on any atom is -0.312 e. The van der Waals surface area contributed by atoms with Gasteiger partial charge in [-0.3, -0.25) is 4.98 Å². The van der Waals surface area contributed by atoms with E-state index in [9.17, 15) is 0 Å². The maximum absolute atomic E-state index is 4.21. The summed E-state index contributed by atoms with van der Waals surface area (Å²) in [5.74, 6) is 1.04. The lowest BCUT2D eigenvalue weighted by Gasteiger charge is -2.09. The highest BCUT2D eigenvalue weighted by atomic mass is 32.2. The van der Waals surface area contributed by atoms with Gasteiger partial charge in [-0.15, -0.1) is 11.8 Å². The third kappa shape index (κ3) is 4.63. The zero-order chi connectivity index (χ0) is 20.9. The molecule has 0 bridgehead atoms. The molecule has 0 fully saturated rings. The van der Waals surface area contributed by atoms with E-state index < -0.39 is 0 Å². The Kier molecular flexibility index (Phi) is 5.96. The van der Waals surface area contributed by atoms with Crippen LogP contribution in [0.2, 0.25) is 0 Å². The predicted molar refractivity (Wildman–Crippen MR) is 134 cm³/mol. The highest BCUT2D eigenvalue weighted by molar-refractivity contribution is 7.99. The van der Waals surface area contributed by atoms with Gasteiger partial charge in [0, 0.05) is 41.5 Å². The molecule has 2 nitrogen and oxygen atoms in total. The van der Waals surface area contributed by atoms with E-state index in [1.165, 1.54) is 43.1 Å². The zero-order valence-corrected chi connectivity index (χ0v) is 18.1. The van der Waals surface area contributed by atoms with Crippen molar-refractivity contribution in [2.75, 3.05) is 12.3 Å². The first-order chi connectivity index (χ1) is 15.4. The molecule has 0 saturated heterocycles. The molecule has 0 radical (unpaired) electrons. The normalized spacial score (nSPS) is 11.2. The number of hydrogen-bond donors (Lipinski definition) is 1. The van der Waals surface area contributed by atoms with E-state index in [-0.39, 0.29) is 0 Å². The van der Waals surface area contributed by atoms with Gasteiger partial charge in [0.15, 0.2) is 0 Å². The van der Waals surface area contributed by atoms with Crippen LogP contribution >= 0.6 is 11.8 Å². The molecule has 152 valence electrons. The third-order valence-electron chi connectivity index (χ3n) is 5.54. The van der Waals surface area contributed by atoms with Crippen molar-refractivity contribution in [3.63, 3.8) is 0 Å². The monoisotopic (exact) mass is 420 g/mol. The van der Waals surface area contributed by atoms with Gasteiger partial charge in [0.1, 0.15) is 0 Å².